The molecular formula is C12H15ClN2O. The number of hydrogen-bond donors (Lipinski definition) is 0. The smallest absolute Gasteiger partial charge is 0.247 e. The molecule has 0 fully saturated rings. The Morgan fingerprint density at radius 1 is 1.25 bits per heavy atom. The maximum absolute atomic E-state index is 5.56. The van der Waals surface area contributed by atoms with Crippen LogP contribution in [-0.2, 0) is 5.88 Å². The molecule has 2 aromatic rings. The first-order valence-electron chi connectivity index (χ1n) is 5.25. The Bertz CT molecular complexity index is 440. The molecule has 16 heavy (non-hydrogen) atoms. The first-order chi connectivity index (χ1) is 7.79. The summed E-state index contributed by atoms with van der Waals surface area (Å²) in [5, 5.41) is 7.69. The van der Waals surface area contributed by atoms with E-state index in [4.69, 9.17) is 16.0 Å². The van der Waals surface area contributed by atoms with Gasteiger partial charge in [-0.2, -0.15) is 0 Å². The summed E-state index contributed by atoms with van der Waals surface area (Å²) < 4.78 is 5.32. The van der Waals surface area contributed by atoms with Crippen molar-refractivity contribution in [2.75, 3.05) is 0 Å². The van der Waals surface area contributed by atoms with Crippen LogP contribution in [0.3, 0.4) is 0 Å². The van der Waals surface area contributed by atoms with Gasteiger partial charge in [0.15, 0.2) is 0 Å². The second kappa shape index (κ2) is 6.28. The lowest BCUT2D eigenvalue weighted by atomic mass is 10.1. The van der Waals surface area contributed by atoms with E-state index in [0.717, 1.165) is 11.1 Å². The van der Waals surface area contributed by atoms with Crippen molar-refractivity contribution in [1.29, 1.82) is 0 Å². The van der Waals surface area contributed by atoms with Crippen molar-refractivity contribution < 1.29 is 4.42 Å². The summed E-state index contributed by atoms with van der Waals surface area (Å²) >= 11 is 5.56. The van der Waals surface area contributed by atoms with Gasteiger partial charge in [-0.25, -0.2) is 0 Å². The van der Waals surface area contributed by atoms with Gasteiger partial charge in [-0.05, 0) is 19.1 Å². The predicted molar refractivity (Wildman–Crippen MR) is 65.4 cm³/mol. The number of nitrogens with zero attached hydrogens (tertiary/aromatic N) is 2. The second-order valence-electron chi connectivity index (χ2n) is 3.00. The minimum Gasteiger partial charge on any atom is -0.419 e. The van der Waals surface area contributed by atoms with Crippen LogP contribution in [0.15, 0.2) is 28.7 Å². The minimum atomic E-state index is 0.249. The zero-order chi connectivity index (χ0) is 12.0. The van der Waals surface area contributed by atoms with E-state index in [-0.39, 0.29) is 5.88 Å². The van der Waals surface area contributed by atoms with Gasteiger partial charge in [0, 0.05) is 5.56 Å². The molecule has 0 saturated heterocycles. The zero-order valence-electron chi connectivity index (χ0n) is 9.70. The Morgan fingerprint density at radius 3 is 2.56 bits per heavy atom. The first kappa shape index (κ1) is 12.7. The van der Waals surface area contributed by atoms with E-state index in [2.05, 4.69) is 10.2 Å². The SMILES string of the molecule is CC.Cc1cccc(-c2nnc(CCl)o2)c1. The van der Waals surface area contributed by atoms with Crippen LogP contribution >= 0.6 is 11.6 Å². The highest BCUT2D eigenvalue weighted by Crippen LogP contribution is 2.19. The molecule has 86 valence electrons. The molecule has 0 radical (unpaired) electrons. The number of benzene rings is 1. The molecule has 0 bridgehead atoms. The number of rotatable bonds is 2. The number of halogens is 1. The topological polar surface area (TPSA) is 38.9 Å². The molecule has 0 saturated carbocycles. The van der Waals surface area contributed by atoms with Gasteiger partial charge in [0.25, 0.3) is 0 Å². The molecule has 0 N–H and O–H groups in total. The third-order valence-electron chi connectivity index (χ3n) is 1.85. The zero-order valence-corrected chi connectivity index (χ0v) is 10.5. The molecule has 0 unspecified atom stereocenters. The van der Waals surface area contributed by atoms with Crippen molar-refractivity contribution in [1.82, 2.24) is 10.2 Å². The molecule has 3 nitrogen and oxygen atoms in total. The predicted octanol–water partition coefficient (Wildman–Crippen LogP) is 3.81. The fourth-order valence-electron chi connectivity index (χ4n) is 1.20. The van der Waals surface area contributed by atoms with E-state index in [1.54, 1.807) is 0 Å². The Hall–Kier alpha value is -1.35. The second-order valence-corrected chi connectivity index (χ2v) is 3.27. The van der Waals surface area contributed by atoms with Crippen LogP contribution in [-0.4, -0.2) is 10.2 Å². The van der Waals surface area contributed by atoms with E-state index in [1.165, 1.54) is 0 Å². The standard InChI is InChI=1S/C10H9ClN2O.C2H6/c1-7-3-2-4-8(5-7)10-13-12-9(6-11)14-10;1-2/h2-5H,6H2,1H3;1-2H3. The van der Waals surface area contributed by atoms with E-state index in [1.807, 2.05) is 45.0 Å². The molecule has 4 heteroatoms. The molecule has 0 aliphatic heterocycles. The van der Waals surface area contributed by atoms with E-state index >= 15 is 0 Å². The quantitative estimate of drug-likeness (QED) is 0.747. The van der Waals surface area contributed by atoms with Crippen molar-refractivity contribution in [3.05, 3.63) is 35.7 Å². The molecule has 0 atom stereocenters. The highest BCUT2D eigenvalue weighted by Gasteiger charge is 2.06. The Labute approximate surface area is 100 Å². The van der Waals surface area contributed by atoms with Crippen molar-refractivity contribution in [2.24, 2.45) is 0 Å². The molecule has 0 spiro atoms. The van der Waals surface area contributed by atoms with Crippen molar-refractivity contribution in [3.8, 4) is 11.5 Å². The maximum atomic E-state index is 5.56. The van der Waals surface area contributed by atoms with Crippen molar-refractivity contribution in [3.63, 3.8) is 0 Å². The first-order valence-corrected chi connectivity index (χ1v) is 5.78. The van der Waals surface area contributed by atoms with Gasteiger partial charge in [-0.3, -0.25) is 0 Å². The molecule has 1 heterocycles. The maximum Gasteiger partial charge on any atom is 0.247 e. The van der Waals surface area contributed by atoms with Gasteiger partial charge in [-0.1, -0.05) is 31.5 Å². The van der Waals surface area contributed by atoms with Gasteiger partial charge >= 0.3 is 0 Å². The van der Waals surface area contributed by atoms with Crippen LogP contribution in [0.2, 0.25) is 0 Å². The molecule has 1 aromatic carbocycles. The molecule has 1 aromatic heterocycles. The van der Waals surface area contributed by atoms with Gasteiger partial charge in [0.05, 0.1) is 0 Å². The van der Waals surface area contributed by atoms with Crippen LogP contribution in [0, 0.1) is 6.92 Å². The van der Waals surface area contributed by atoms with Crippen molar-refractivity contribution in [2.45, 2.75) is 26.7 Å². The lowest BCUT2D eigenvalue weighted by Gasteiger charge is -1.95. The van der Waals surface area contributed by atoms with Gasteiger partial charge in [-0.15, -0.1) is 21.8 Å². The molecule has 2 rings (SSSR count). The van der Waals surface area contributed by atoms with Gasteiger partial charge in [0.2, 0.25) is 11.8 Å². The summed E-state index contributed by atoms with van der Waals surface area (Å²) in [6.45, 7) is 6.02. The average molecular weight is 239 g/mol. The van der Waals surface area contributed by atoms with Crippen LogP contribution in [0.4, 0.5) is 0 Å². The third kappa shape index (κ3) is 3.07. The summed E-state index contributed by atoms with van der Waals surface area (Å²) in [4.78, 5) is 0. The summed E-state index contributed by atoms with van der Waals surface area (Å²) in [6, 6.07) is 7.89. The fraction of sp³-hybridized carbons (Fsp3) is 0.333. The van der Waals surface area contributed by atoms with Gasteiger partial charge in [0.1, 0.15) is 5.88 Å². The minimum absolute atomic E-state index is 0.249. The molecule has 0 amide bonds. The Morgan fingerprint density at radius 2 is 2.00 bits per heavy atom. The van der Waals surface area contributed by atoms with Crippen LogP contribution in [0.25, 0.3) is 11.5 Å². The summed E-state index contributed by atoms with van der Waals surface area (Å²) in [6.07, 6.45) is 0. The number of hydrogen-bond acceptors (Lipinski definition) is 3. The third-order valence-corrected chi connectivity index (χ3v) is 2.07. The monoisotopic (exact) mass is 238 g/mol. The summed E-state index contributed by atoms with van der Waals surface area (Å²) in [5.41, 5.74) is 2.09. The molecule has 0 aliphatic rings. The van der Waals surface area contributed by atoms with Crippen molar-refractivity contribution >= 4 is 11.6 Å². The number of aromatic nitrogens is 2. The lowest BCUT2D eigenvalue weighted by molar-refractivity contribution is 0.527. The Kier molecular flexibility index (Phi) is 4.99. The summed E-state index contributed by atoms with van der Waals surface area (Å²) in [5.74, 6) is 1.21. The highest BCUT2D eigenvalue weighted by atomic mass is 35.5. The van der Waals surface area contributed by atoms with E-state index in [0.29, 0.717) is 11.8 Å². The number of aryl methyl sites for hydroxylation is 1. The summed E-state index contributed by atoms with van der Waals surface area (Å²) in [7, 11) is 0. The molecule has 0 aliphatic carbocycles. The van der Waals surface area contributed by atoms with E-state index < -0.39 is 0 Å². The highest BCUT2D eigenvalue weighted by molar-refractivity contribution is 6.16. The largest absolute Gasteiger partial charge is 0.419 e. The average Bonchev–Trinajstić information content (AvgIpc) is 2.80. The fourth-order valence-corrected chi connectivity index (χ4v) is 1.31. The van der Waals surface area contributed by atoms with Gasteiger partial charge < -0.3 is 4.42 Å². The normalized spacial score (nSPS) is 9.50. The number of alkyl halides is 1. The van der Waals surface area contributed by atoms with E-state index in [9.17, 15) is 0 Å². The molecular weight excluding hydrogens is 224 g/mol. The van der Waals surface area contributed by atoms with Crippen LogP contribution in [0.1, 0.15) is 25.3 Å². The Balaban J connectivity index is 0.000000606. The van der Waals surface area contributed by atoms with Crippen LogP contribution in [0.5, 0.6) is 0 Å². The lowest BCUT2D eigenvalue weighted by Crippen LogP contribution is -1.78. The van der Waals surface area contributed by atoms with Crippen LogP contribution < -0.4 is 0 Å².